The van der Waals surface area contributed by atoms with Gasteiger partial charge in [-0.05, 0) is 53.2 Å². The average Bonchev–Trinajstić information content (AvgIpc) is 3.21. The number of carbonyl (C=O) groups excluding carboxylic acids is 3. The zero-order valence-electron chi connectivity index (χ0n) is 20.3. The number of benzene rings is 3. The molecule has 0 aromatic heterocycles. The highest BCUT2D eigenvalue weighted by molar-refractivity contribution is 8.18. The van der Waals surface area contributed by atoms with Crippen molar-refractivity contribution >= 4 is 40.6 Å². The molecule has 0 saturated carbocycles. The van der Waals surface area contributed by atoms with Crippen molar-refractivity contribution in [3.63, 3.8) is 0 Å². The second-order valence-corrected chi connectivity index (χ2v) is 9.81. The van der Waals surface area contributed by atoms with E-state index in [4.69, 9.17) is 4.74 Å². The molecule has 188 valence electrons. The Morgan fingerprint density at radius 2 is 1.49 bits per heavy atom. The number of nitrogens with zero attached hydrogens (tertiary/aromatic N) is 3. The van der Waals surface area contributed by atoms with E-state index in [0.717, 1.165) is 33.5 Å². The predicted octanol–water partition coefficient (Wildman–Crippen LogP) is 4.65. The van der Waals surface area contributed by atoms with Crippen LogP contribution in [0.5, 0.6) is 5.75 Å². The molecule has 2 aliphatic heterocycles. The Labute approximate surface area is 220 Å². The first-order valence-electron chi connectivity index (χ1n) is 12.2. The van der Waals surface area contributed by atoms with Crippen LogP contribution in [-0.2, 0) is 16.2 Å². The monoisotopic (exact) mass is 513 g/mol. The van der Waals surface area contributed by atoms with Gasteiger partial charge >= 0.3 is 0 Å². The molecular formula is C29H27N3O4S. The van der Waals surface area contributed by atoms with Gasteiger partial charge in [0.15, 0.2) is 0 Å². The first-order valence-corrected chi connectivity index (χ1v) is 13.0. The normalized spacial score (nSPS) is 17.0. The van der Waals surface area contributed by atoms with E-state index in [1.807, 2.05) is 72.8 Å². The number of anilines is 1. The highest BCUT2D eigenvalue weighted by Crippen LogP contribution is 2.32. The fourth-order valence-corrected chi connectivity index (χ4v) is 5.12. The maximum Gasteiger partial charge on any atom is 0.294 e. The van der Waals surface area contributed by atoms with Gasteiger partial charge in [-0.1, -0.05) is 60.7 Å². The van der Waals surface area contributed by atoms with Crippen molar-refractivity contribution in [3.05, 3.63) is 101 Å². The third-order valence-electron chi connectivity index (χ3n) is 6.35. The Kier molecular flexibility index (Phi) is 7.56. The third-order valence-corrected chi connectivity index (χ3v) is 7.25. The van der Waals surface area contributed by atoms with Crippen LogP contribution in [0.2, 0.25) is 0 Å². The maximum atomic E-state index is 12.9. The zero-order valence-corrected chi connectivity index (χ0v) is 21.1. The van der Waals surface area contributed by atoms with Crippen LogP contribution < -0.4 is 9.64 Å². The molecule has 3 amide bonds. The van der Waals surface area contributed by atoms with Crippen molar-refractivity contribution < 1.29 is 19.1 Å². The molecule has 0 N–H and O–H groups in total. The molecular weight excluding hydrogens is 486 g/mol. The summed E-state index contributed by atoms with van der Waals surface area (Å²) in [4.78, 5) is 43.6. The zero-order chi connectivity index (χ0) is 25.6. The van der Waals surface area contributed by atoms with Gasteiger partial charge in [-0.25, -0.2) is 0 Å². The third kappa shape index (κ3) is 6.03. The molecule has 2 aliphatic rings. The number of thioether (sulfide) groups is 1. The number of carbonyl (C=O) groups is 3. The Bertz CT molecular complexity index is 1290. The van der Waals surface area contributed by atoms with Gasteiger partial charge in [-0.3, -0.25) is 19.3 Å². The summed E-state index contributed by atoms with van der Waals surface area (Å²) >= 11 is 0.863. The van der Waals surface area contributed by atoms with E-state index in [0.29, 0.717) is 43.4 Å². The summed E-state index contributed by atoms with van der Waals surface area (Å²) in [6, 6.07) is 27.3. The highest BCUT2D eigenvalue weighted by atomic mass is 32.2. The van der Waals surface area contributed by atoms with Crippen molar-refractivity contribution in [2.24, 2.45) is 0 Å². The van der Waals surface area contributed by atoms with E-state index in [1.165, 1.54) is 0 Å². The Hall–Kier alpha value is -4.04. The molecule has 8 heteroatoms. The minimum absolute atomic E-state index is 0.212. The van der Waals surface area contributed by atoms with Crippen LogP contribution in [0.4, 0.5) is 10.5 Å². The van der Waals surface area contributed by atoms with E-state index >= 15 is 0 Å². The molecule has 0 atom stereocenters. The van der Waals surface area contributed by atoms with Crippen LogP contribution >= 0.6 is 11.8 Å². The van der Waals surface area contributed by atoms with E-state index < -0.39 is 11.1 Å². The lowest BCUT2D eigenvalue weighted by atomic mass is 10.2. The summed E-state index contributed by atoms with van der Waals surface area (Å²) in [7, 11) is 0. The van der Waals surface area contributed by atoms with Crippen LogP contribution in [0.1, 0.15) is 11.1 Å². The lowest BCUT2D eigenvalue weighted by Crippen LogP contribution is -2.51. The summed E-state index contributed by atoms with van der Waals surface area (Å²) in [6.45, 7) is 2.76. The molecule has 0 spiro atoms. The average molecular weight is 514 g/mol. The SMILES string of the molecule is O=C(CN1C(=O)S/C(=C/c2ccc(OCc3ccccc3)cc2)C1=O)N1CCN(c2ccccc2)CC1. The molecule has 3 aromatic carbocycles. The molecule has 7 nitrogen and oxygen atoms in total. The van der Waals surface area contributed by atoms with Gasteiger partial charge in [-0.15, -0.1) is 0 Å². The first-order chi connectivity index (χ1) is 18.1. The number of piperazine rings is 1. The molecule has 3 aromatic rings. The number of rotatable bonds is 7. The van der Waals surface area contributed by atoms with Crippen molar-refractivity contribution in [3.8, 4) is 5.75 Å². The molecule has 0 radical (unpaired) electrons. The number of imide groups is 1. The quantitative estimate of drug-likeness (QED) is 0.429. The van der Waals surface area contributed by atoms with Crippen molar-refractivity contribution in [1.82, 2.24) is 9.80 Å². The molecule has 5 rings (SSSR count). The predicted molar refractivity (Wildman–Crippen MR) is 145 cm³/mol. The van der Waals surface area contributed by atoms with E-state index in [9.17, 15) is 14.4 Å². The molecule has 0 aliphatic carbocycles. The summed E-state index contributed by atoms with van der Waals surface area (Å²) < 4.78 is 5.81. The Morgan fingerprint density at radius 3 is 2.16 bits per heavy atom. The van der Waals surface area contributed by atoms with Crippen molar-refractivity contribution in [2.75, 3.05) is 37.6 Å². The van der Waals surface area contributed by atoms with Crippen LogP contribution in [0, 0.1) is 0 Å². The minimum atomic E-state index is -0.435. The lowest BCUT2D eigenvalue weighted by Gasteiger charge is -2.36. The number of amides is 3. The number of ether oxygens (including phenoxy) is 1. The van der Waals surface area contributed by atoms with Crippen molar-refractivity contribution in [1.29, 1.82) is 0 Å². The van der Waals surface area contributed by atoms with Gasteiger partial charge in [0.2, 0.25) is 5.91 Å². The summed E-state index contributed by atoms with van der Waals surface area (Å²) in [5.74, 6) is 0.0684. The minimum Gasteiger partial charge on any atom is -0.489 e. The molecule has 0 bridgehead atoms. The van der Waals surface area contributed by atoms with Gasteiger partial charge in [0.05, 0.1) is 4.91 Å². The van der Waals surface area contributed by atoms with Gasteiger partial charge in [0.1, 0.15) is 18.9 Å². The number of para-hydroxylation sites is 1. The molecule has 2 saturated heterocycles. The lowest BCUT2D eigenvalue weighted by molar-refractivity contribution is -0.136. The van der Waals surface area contributed by atoms with Gasteiger partial charge in [0.25, 0.3) is 11.1 Å². The largest absolute Gasteiger partial charge is 0.489 e. The topological polar surface area (TPSA) is 70.2 Å². The Morgan fingerprint density at radius 1 is 0.838 bits per heavy atom. The standard InChI is InChI=1S/C29H27N3O4S/c33-27(31-17-15-30(16-18-31)24-9-5-2-6-10-24)20-32-28(34)26(37-29(32)35)19-22-11-13-25(14-12-22)36-21-23-7-3-1-4-8-23/h1-14,19H,15-18,20-21H2/b26-19+. The molecule has 2 fully saturated rings. The smallest absolute Gasteiger partial charge is 0.294 e. The second kappa shape index (κ2) is 11.3. The van der Waals surface area contributed by atoms with Crippen LogP contribution in [-0.4, -0.2) is 59.6 Å². The fourth-order valence-electron chi connectivity index (χ4n) is 4.28. The maximum absolute atomic E-state index is 12.9. The first kappa shape index (κ1) is 24.6. The van der Waals surface area contributed by atoms with Gasteiger partial charge < -0.3 is 14.5 Å². The summed E-state index contributed by atoms with van der Waals surface area (Å²) in [5, 5.41) is -0.421. The van der Waals surface area contributed by atoms with E-state index in [1.54, 1.807) is 11.0 Å². The molecule has 2 heterocycles. The Balaban J connectivity index is 1.15. The van der Waals surface area contributed by atoms with Crippen LogP contribution in [0.3, 0.4) is 0 Å². The number of hydrogen-bond acceptors (Lipinski definition) is 6. The van der Waals surface area contributed by atoms with Gasteiger partial charge in [0, 0.05) is 31.9 Å². The van der Waals surface area contributed by atoms with Crippen molar-refractivity contribution in [2.45, 2.75) is 6.61 Å². The molecule has 37 heavy (non-hydrogen) atoms. The highest BCUT2D eigenvalue weighted by Gasteiger charge is 2.37. The van der Waals surface area contributed by atoms with Crippen LogP contribution in [0.15, 0.2) is 89.8 Å². The number of hydrogen-bond donors (Lipinski definition) is 0. The van der Waals surface area contributed by atoms with Crippen LogP contribution in [0.25, 0.3) is 6.08 Å². The summed E-state index contributed by atoms with van der Waals surface area (Å²) in [5.41, 5.74) is 2.98. The van der Waals surface area contributed by atoms with Gasteiger partial charge in [-0.2, -0.15) is 0 Å². The van der Waals surface area contributed by atoms with E-state index in [2.05, 4.69) is 17.0 Å². The van der Waals surface area contributed by atoms with E-state index in [-0.39, 0.29) is 12.5 Å². The fraction of sp³-hybridized carbons (Fsp3) is 0.207. The second-order valence-electron chi connectivity index (χ2n) is 8.81. The summed E-state index contributed by atoms with van der Waals surface area (Å²) in [6.07, 6.45) is 1.68. The molecule has 0 unspecified atom stereocenters.